The number of benzene rings is 1. The second-order valence-electron chi connectivity index (χ2n) is 6.87. The summed E-state index contributed by atoms with van der Waals surface area (Å²) in [6.45, 7) is 4.59. The van der Waals surface area contributed by atoms with Gasteiger partial charge in [0.2, 0.25) is 5.91 Å². The number of likely N-dealkylation sites (tertiary alicyclic amines) is 1. The first-order valence-corrected chi connectivity index (χ1v) is 9.57. The topological polar surface area (TPSA) is 45.2 Å². The van der Waals surface area contributed by atoms with Gasteiger partial charge in [-0.1, -0.05) is 24.3 Å². The van der Waals surface area contributed by atoms with Crippen molar-refractivity contribution in [3.63, 3.8) is 0 Å². The number of rotatable bonds is 4. The second-order valence-corrected chi connectivity index (χ2v) is 7.95. The number of anilines is 1. The van der Waals surface area contributed by atoms with Gasteiger partial charge in [0.15, 0.2) is 5.13 Å². The van der Waals surface area contributed by atoms with Crippen molar-refractivity contribution >= 4 is 22.4 Å². The fourth-order valence-corrected chi connectivity index (χ4v) is 4.95. The molecule has 5 heteroatoms. The van der Waals surface area contributed by atoms with Crippen molar-refractivity contribution in [1.82, 2.24) is 9.88 Å². The zero-order chi connectivity index (χ0) is 16.5. The first kappa shape index (κ1) is 15.8. The SMILES string of the molecule is Cc1ccccc1C1CCN(CC(=O)Nc2nc3c(s2)CCC3)C1. The van der Waals surface area contributed by atoms with Crippen molar-refractivity contribution in [2.75, 3.05) is 25.0 Å². The Morgan fingerprint density at radius 2 is 2.25 bits per heavy atom. The molecule has 1 aliphatic carbocycles. The molecule has 0 saturated carbocycles. The van der Waals surface area contributed by atoms with Crippen molar-refractivity contribution in [3.05, 3.63) is 46.0 Å². The van der Waals surface area contributed by atoms with Gasteiger partial charge in [0, 0.05) is 11.4 Å². The standard InChI is InChI=1S/C19H23N3OS/c1-13-5-2-3-6-15(13)14-9-10-22(11-14)12-18(23)21-19-20-16-7-4-8-17(16)24-19/h2-3,5-6,14H,4,7-12H2,1H3,(H,20,21,23). The van der Waals surface area contributed by atoms with Gasteiger partial charge in [-0.05, 0) is 56.2 Å². The van der Waals surface area contributed by atoms with Crippen LogP contribution >= 0.6 is 11.3 Å². The van der Waals surface area contributed by atoms with Crippen LogP contribution in [0.15, 0.2) is 24.3 Å². The molecular weight excluding hydrogens is 318 g/mol. The Bertz CT molecular complexity index is 733. The van der Waals surface area contributed by atoms with Gasteiger partial charge in [0.25, 0.3) is 0 Å². The van der Waals surface area contributed by atoms with Crippen LogP contribution in [0.1, 0.15) is 40.5 Å². The Labute approximate surface area is 146 Å². The van der Waals surface area contributed by atoms with E-state index in [1.54, 1.807) is 11.3 Å². The lowest BCUT2D eigenvalue weighted by atomic mass is 9.94. The lowest BCUT2D eigenvalue weighted by molar-refractivity contribution is -0.117. The number of nitrogens with one attached hydrogen (secondary N) is 1. The molecule has 1 unspecified atom stereocenters. The second kappa shape index (κ2) is 6.65. The summed E-state index contributed by atoms with van der Waals surface area (Å²) in [5, 5.41) is 3.77. The van der Waals surface area contributed by atoms with Crippen LogP contribution in [-0.2, 0) is 17.6 Å². The number of carbonyl (C=O) groups is 1. The number of carbonyl (C=O) groups excluding carboxylic acids is 1. The smallest absolute Gasteiger partial charge is 0.240 e. The molecule has 0 radical (unpaired) electrons. The van der Waals surface area contributed by atoms with E-state index in [4.69, 9.17) is 0 Å². The summed E-state index contributed by atoms with van der Waals surface area (Å²) in [6.07, 6.45) is 4.51. The van der Waals surface area contributed by atoms with E-state index in [-0.39, 0.29) is 5.91 Å². The molecule has 2 aromatic rings. The fraction of sp³-hybridized carbons (Fsp3) is 0.474. The Balaban J connectivity index is 1.33. The van der Waals surface area contributed by atoms with Crippen LogP contribution in [0.5, 0.6) is 0 Å². The molecule has 2 aliphatic rings. The average Bonchev–Trinajstić information content (AvgIpc) is 3.24. The highest BCUT2D eigenvalue weighted by molar-refractivity contribution is 7.15. The lowest BCUT2D eigenvalue weighted by Crippen LogP contribution is -2.31. The zero-order valence-electron chi connectivity index (χ0n) is 14.0. The van der Waals surface area contributed by atoms with E-state index in [1.165, 1.54) is 28.1 Å². The van der Waals surface area contributed by atoms with E-state index in [2.05, 4.69) is 46.4 Å². The minimum atomic E-state index is 0.0628. The Kier molecular flexibility index (Phi) is 4.37. The predicted octanol–water partition coefficient (Wildman–Crippen LogP) is 3.37. The normalized spacial score (nSPS) is 20.3. The molecule has 24 heavy (non-hydrogen) atoms. The van der Waals surface area contributed by atoms with E-state index >= 15 is 0 Å². The Hall–Kier alpha value is -1.72. The van der Waals surface area contributed by atoms with E-state index in [9.17, 15) is 4.79 Å². The molecule has 1 N–H and O–H groups in total. The number of thiazole rings is 1. The predicted molar refractivity (Wildman–Crippen MR) is 97.7 cm³/mol. The van der Waals surface area contributed by atoms with E-state index in [0.717, 1.165) is 37.5 Å². The molecule has 1 aromatic heterocycles. The number of fused-ring (bicyclic) bond motifs is 1. The van der Waals surface area contributed by atoms with Crippen molar-refractivity contribution < 1.29 is 4.79 Å². The summed E-state index contributed by atoms with van der Waals surface area (Å²) in [4.78, 5) is 20.5. The maximum Gasteiger partial charge on any atom is 0.240 e. The van der Waals surface area contributed by atoms with Crippen LogP contribution < -0.4 is 5.32 Å². The van der Waals surface area contributed by atoms with Gasteiger partial charge in [-0.2, -0.15) is 0 Å². The van der Waals surface area contributed by atoms with E-state index < -0.39 is 0 Å². The number of aromatic nitrogens is 1. The lowest BCUT2D eigenvalue weighted by Gasteiger charge is -2.16. The number of hydrogen-bond acceptors (Lipinski definition) is 4. The number of aryl methyl sites for hydroxylation is 3. The molecule has 4 rings (SSSR count). The molecule has 4 nitrogen and oxygen atoms in total. The minimum Gasteiger partial charge on any atom is -0.301 e. The molecule has 0 spiro atoms. The minimum absolute atomic E-state index is 0.0628. The van der Waals surface area contributed by atoms with Crippen LogP contribution in [0, 0.1) is 6.92 Å². The van der Waals surface area contributed by atoms with Crippen LogP contribution in [0.2, 0.25) is 0 Å². The van der Waals surface area contributed by atoms with Crippen LogP contribution in [0.4, 0.5) is 5.13 Å². The highest BCUT2D eigenvalue weighted by Gasteiger charge is 2.26. The zero-order valence-corrected chi connectivity index (χ0v) is 14.9. The van der Waals surface area contributed by atoms with Gasteiger partial charge in [0.05, 0.1) is 12.2 Å². The van der Waals surface area contributed by atoms with E-state index in [0.29, 0.717) is 12.5 Å². The molecule has 1 amide bonds. The van der Waals surface area contributed by atoms with Gasteiger partial charge in [-0.25, -0.2) is 4.98 Å². The summed E-state index contributed by atoms with van der Waals surface area (Å²) in [5.41, 5.74) is 3.97. The molecule has 1 fully saturated rings. The molecular formula is C19H23N3OS. The van der Waals surface area contributed by atoms with Crippen LogP contribution in [0.3, 0.4) is 0 Å². The van der Waals surface area contributed by atoms with Gasteiger partial charge in [-0.3, -0.25) is 9.69 Å². The summed E-state index contributed by atoms with van der Waals surface area (Å²) < 4.78 is 0. The number of amides is 1. The quantitative estimate of drug-likeness (QED) is 0.927. The highest BCUT2D eigenvalue weighted by atomic mass is 32.1. The van der Waals surface area contributed by atoms with Gasteiger partial charge >= 0.3 is 0 Å². The van der Waals surface area contributed by atoms with Crippen LogP contribution in [-0.4, -0.2) is 35.4 Å². The monoisotopic (exact) mass is 341 g/mol. The first-order valence-electron chi connectivity index (χ1n) is 8.75. The van der Waals surface area contributed by atoms with Gasteiger partial charge < -0.3 is 5.32 Å². The van der Waals surface area contributed by atoms with E-state index in [1.807, 2.05) is 0 Å². The number of hydrogen-bond donors (Lipinski definition) is 1. The third-order valence-electron chi connectivity index (χ3n) is 5.11. The van der Waals surface area contributed by atoms with Crippen LogP contribution in [0.25, 0.3) is 0 Å². The maximum atomic E-state index is 12.3. The molecule has 1 aliphatic heterocycles. The molecule has 1 atom stereocenters. The third-order valence-corrected chi connectivity index (χ3v) is 6.18. The molecule has 126 valence electrons. The van der Waals surface area contributed by atoms with Crippen molar-refractivity contribution in [3.8, 4) is 0 Å². The largest absolute Gasteiger partial charge is 0.301 e. The van der Waals surface area contributed by atoms with Gasteiger partial charge in [0.1, 0.15) is 0 Å². The van der Waals surface area contributed by atoms with Crippen molar-refractivity contribution in [2.45, 2.75) is 38.5 Å². The summed E-state index contributed by atoms with van der Waals surface area (Å²) in [7, 11) is 0. The molecule has 2 heterocycles. The Morgan fingerprint density at radius 3 is 3.08 bits per heavy atom. The Morgan fingerprint density at radius 1 is 1.38 bits per heavy atom. The summed E-state index contributed by atoms with van der Waals surface area (Å²) >= 11 is 1.65. The molecule has 0 bridgehead atoms. The average molecular weight is 341 g/mol. The van der Waals surface area contributed by atoms with Crippen molar-refractivity contribution in [1.29, 1.82) is 0 Å². The van der Waals surface area contributed by atoms with Crippen molar-refractivity contribution in [2.24, 2.45) is 0 Å². The first-order chi connectivity index (χ1) is 11.7. The number of nitrogens with zero attached hydrogens (tertiary/aromatic N) is 2. The highest BCUT2D eigenvalue weighted by Crippen LogP contribution is 2.31. The molecule has 1 saturated heterocycles. The summed E-state index contributed by atoms with van der Waals surface area (Å²) in [6, 6.07) is 8.59. The third kappa shape index (κ3) is 3.23. The fourth-order valence-electron chi connectivity index (χ4n) is 3.88. The van der Waals surface area contributed by atoms with Gasteiger partial charge in [-0.15, -0.1) is 11.3 Å². The maximum absolute atomic E-state index is 12.3. The molecule has 1 aromatic carbocycles. The summed E-state index contributed by atoms with van der Waals surface area (Å²) in [5.74, 6) is 0.607.